The second kappa shape index (κ2) is 6.36. The predicted octanol–water partition coefficient (Wildman–Crippen LogP) is 1.45. The van der Waals surface area contributed by atoms with E-state index in [1.807, 2.05) is 0 Å². The summed E-state index contributed by atoms with van der Waals surface area (Å²) in [5, 5.41) is 3.23. The van der Waals surface area contributed by atoms with Crippen molar-refractivity contribution >= 4 is 0 Å². The smallest absolute Gasteiger partial charge is 0.256 e. The van der Waals surface area contributed by atoms with Crippen LogP contribution in [-0.2, 0) is 25.8 Å². The van der Waals surface area contributed by atoms with Gasteiger partial charge in [0.1, 0.15) is 0 Å². The Labute approximate surface area is 126 Å². The molecule has 0 fully saturated rings. The maximum absolute atomic E-state index is 13.6. The van der Waals surface area contributed by atoms with Crippen LogP contribution in [0.15, 0.2) is 29.3 Å². The van der Waals surface area contributed by atoms with Crippen molar-refractivity contribution in [2.45, 2.75) is 25.8 Å². The van der Waals surface area contributed by atoms with Gasteiger partial charge in [0.05, 0.1) is 12.0 Å². The Hall–Kier alpha value is -2.08. The summed E-state index contributed by atoms with van der Waals surface area (Å²) in [6.45, 7) is 1.86. The van der Waals surface area contributed by atoms with Gasteiger partial charge in [-0.2, -0.15) is 0 Å². The first kappa shape index (κ1) is 14.8. The lowest BCUT2D eigenvalue weighted by Gasteiger charge is -2.10. The molecular formula is C16H17F2N3O. The van der Waals surface area contributed by atoms with Crippen molar-refractivity contribution < 1.29 is 8.78 Å². The monoisotopic (exact) mass is 305 g/mol. The van der Waals surface area contributed by atoms with E-state index < -0.39 is 11.6 Å². The number of fused-ring (bicyclic) bond motifs is 1. The van der Waals surface area contributed by atoms with E-state index in [-0.39, 0.29) is 24.1 Å². The number of nitrogens with one attached hydrogen (secondary N) is 1. The Kier molecular flexibility index (Phi) is 4.29. The van der Waals surface area contributed by atoms with Crippen molar-refractivity contribution in [1.82, 2.24) is 14.9 Å². The van der Waals surface area contributed by atoms with Crippen molar-refractivity contribution in [3.63, 3.8) is 0 Å². The molecule has 1 aliphatic rings. The average molecular weight is 305 g/mol. The summed E-state index contributed by atoms with van der Waals surface area (Å²) in [6.07, 6.45) is 3.15. The molecule has 0 bridgehead atoms. The number of benzene rings is 1. The third-order valence-corrected chi connectivity index (χ3v) is 3.96. The van der Waals surface area contributed by atoms with Gasteiger partial charge in [0, 0.05) is 25.1 Å². The van der Waals surface area contributed by atoms with Crippen LogP contribution < -0.4 is 10.9 Å². The van der Waals surface area contributed by atoms with E-state index in [9.17, 15) is 13.6 Å². The summed E-state index contributed by atoms with van der Waals surface area (Å²) < 4.78 is 28.3. The molecule has 6 heteroatoms. The third kappa shape index (κ3) is 2.92. The standard InChI is InChI=1S/C16H17F2N3O/c17-13-3-1-2-11(15(13)18)6-9-21-10-20-14-5-8-19-7-4-12(14)16(21)22/h1-3,10,19H,4-9H2. The summed E-state index contributed by atoms with van der Waals surface area (Å²) in [4.78, 5) is 16.8. The Bertz CT molecular complexity index is 743. The van der Waals surface area contributed by atoms with E-state index >= 15 is 0 Å². The number of rotatable bonds is 3. The van der Waals surface area contributed by atoms with Gasteiger partial charge in [-0.25, -0.2) is 13.8 Å². The number of aromatic nitrogens is 2. The molecule has 0 aliphatic carbocycles. The van der Waals surface area contributed by atoms with Crippen LogP contribution in [-0.4, -0.2) is 22.6 Å². The van der Waals surface area contributed by atoms with E-state index in [1.165, 1.54) is 23.0 Å². The Morgan fingerprint density at radius 3 is 2.91 bits per heavy atom. The molecule has 2 aromatic rings. The highest BCUT2D eigenvalue weighted by molar-refractivity contribution is 5.21. The topological polar surface area (TPSA) is 46.9 Å². The second-order valence-electron chi connectivity index (χ2n) is 5.38. The molecule has 1 aromatic carbocycles. The zero-order chi connectivity index (χ0) is 15.5. The van der Waals surface area contributed by atoms with Crippen molar-refractivity contribution in [3.8, 4) is 0 Å². The fraction of sp³-hybridized carbons (Fsp3) is 0.375. The van der Waals surface area contributed by atoms with E-state index in [2.05, 4.69) is 10.3 Å². The van der Waals surface area contributed by atoms with E-state index in [4.69, 9.17) is 0 Å². The number of halogens is 2. The summed E-state index contributed by atoms with van der Waals surface area (Å²) in [7, 11) is 0. The Morgan fingerprint density at radius 1 is 1.23 bits per heavy atom. The lowest BCUT2D eigenvalue weighted by atomic mass is 10.1. The average Bonchev–Trinajstić information content (AvgIpc) is 2.76. The minimum absolute atomic E-state index is 0.0782. The van der Waals surface area contributed by atoms with Crippen LogP contribution in [0.4, 0.5) is 8.78 Å². The predicted molar refractivity (Wildman–Crippen MR) is 78.8 cm³/mol. The molecule has 0 spiro atoms. The van der Waals surface area contributed by atoms with Gasteiger partial charge >= 0.3 is 0 Å². The second-order valence-corrected chi connectivity index (χ2v) is 5.38. The molecule has 0 radical (unpaired) electrons. The van der Waals surface area contributed by atoms with Gasteiger partial charge < -0.3 is 5.32 Å². The molecule has 3 rings (SSSR count). The van der Waals surface area contributed by atoms with Crippen molar-refractivity contribution in [1.29, 1.82) is 0 Å². The van der Waals surface area contributed by atoms with Crippen LogP contribution in [0, 0.1) is 11.6 Å². The first-order valence-electron chi connectivity index (χ1n) is 7.37. The fourth-order valence-electron chi connectivity index (χ4n) is 2.72. The van der Waals surface area contributed by atoms with Gasteiger partial charge in [-0.05, 0) is 31.0 Å². The molecule has 0 amide bonds. The van der Waals surface area contributed by atoms with Gasteiger partial charge in [0.25, 0.3) is 5.56 Å². The highest BCUT2D eigenvalue weighted by Crippen LogP contribution is 2.12. The van der Waals surface area contributed by atoms with Crippen molar-refractivity contribution in [2.75, 3.05) is 13.1 Å². The molecule has 0 saturated carbocycles. The van der Waals surface area contributed by atoms with Crippen LogP contribution in [0.2, 0.25) is 0 Å². The summed E-state index contributed by atoms with van der Waals surface area (Å²) in [5.74, 6) is -1.71. The van der Waals surface area contributed by atoms with Crippen LogP contribution in [0.5, 0.6) is 0 Å². The molecule has 1 aromatic heterocycles. The van der Waals surface area contributed by atoms with Gasteiger partial charge in [0.2, 0.25) is 0 Å². The molecule has 4 nitrogen and oxygen atoms in total. The third-order valence-electron chi connectivity index (χ3n) is 3.96. The van der Waals surface area contributed by atoms with Crippen molar-refractivity contribution in [2.24, 2.45) is 0 Å². The largest absolute Gasteiger partial charge is 0.316 e. The van der Waals surface area contributed by atoms with Crippen LogP contribution in [0.1, 0.15) is 16.8 Å². The Balaban J connectivity index is 1.83. The summed E-state index contributed by atoms with van der Waals surface area (Å²) in [5.41, 5.74) is 1.75. The van der Waals surface area contributed by atoms with Gasteiger partial charge in [-0.1, -0.05) is 12.1 Å². The highest BCUT2D eigenvalue weighted by atomic mass is 19.2. The van der Waals surface area contributed by atoms with E-state index in [0.717, 1.165) is 36.8 Å². The lowest BCUT2D eigenvalue weighted by molar-refractivity contribution is 0.493. The van der Waals surface area contributed by atoms with Crippen LogP contribution in [0.25, 0.3) is 0 Å². The van der Waals surface area contributed by atoms with Crippen LogP contribution >= 0.6 is 0 Å². The zero-order valence-corrected chi connectivity index (χ0v) is 12.1. The van der Waals surface area contributed by atoms with Crippen molar-refractivity contribution in [3.05, 3.63) is 63.3 Å². The molecular weight excluding hydrogens is 288 g/mol. The quantitative estimate of drug-likeness (QED) is 0.934. The minimum Gasteiger partial charge on any atom is -0.316 e. The molecule has 22 heavy (non-hydrogen) atoms. The maximum atomic E-state index is 13.6. The van der Waals surface area contributed by atoms with Gasteiger partial charge in [-0.3, -0.25) is 9.36 Å². The summed E-state index contributed by atoms with van der Waals surface area (Å²) >= 11 is 0. The van der Waals surface area contributed by atoms with E-state index in [0.29, 0.717) is 6.42 Å². The lowest BCUT2D eigenvalue weighted by Crippen LogP contribution is -2.27. The first-order valence-corrected chi connectivity index (χ1v) is 7.37. The number of nitrogens with zero attached hydrogens (tertiary/aromatic N) is 2. The maximum Gasteiger partial charge on any atom is 0.256 e. The SMILES string of the molecule is O=c1c2c(ncn1CCc1cccc(F)c1F)CCNCC2. The van der Waals surface area contributed by atoms with E-state index in [1.54, 1.807) is 0 Å². The molecule has 2 heterocycles. The van der Waals surface area contributed by atoms with Gasteiger partial charge in [-0.15, -0.1) is 0 Å². The summed E-state index contributed by atoms with van der Waals surface area (Å²) in [6, 6.07) is 4.09. The molecule has 0 atom stereocenters. The molecule has 0 unspecified atom stereocenters. The molecule has 116 valence electrons. The number of aryl methyl sites for hydroxylation is 2. The highest BCUT2D eigenvalue weighted by Gasteiger charge is 2.14. The minimum atomic E-state index is -0.865. The first-order chi connectivity index (χ1) is 10.7. The molecule has 1 N–H and O–H groups in total. The normalized spacial score (nSPS) is 14.5. The number of hydrogen-bond donors (Lipinski definition) is 1. The van der Waals surface area contributed by atoms with Crippen LogP contribution in [0.3, 0.4) is 0 Å². The fourth-order valence-corrected chi connectivity index (χ4v) is 2.72. The number of hydrogen-bond acceptors (Lipinski definition) is 3. The molecule has 1 aliphatic heterocycles. The van der Waals surface area contributed by atoms with Gasteiger partial charge in [0.15, 0.2) is 11.6 Å². The zero-order valence-electron chi connectivity index (χ0n) is 12.1. The Morgan fingerprint density at radius 2 is 2.05 bits per heavy atom. The molecule has 0 saturated heterocycles.